The van der Waals surface area contributed by atoms with Gasteiger partial charge >= 0.3 is 0 Å². The van der Waals surface area contributed by atoms with E-state index in [1.54, 1.807) is 27.4 Å². The van der Waals surface area contributed by atoms with Crippen molar-refractivity contribution in [1.82, 2.24) is 0 Å². The molecule has 2 heterocycles. The summed E-state index contributed by atoms with van der Waals surface area (Å²) in [5.74, 6) is 0. The van der Waals surface area contributed by atoms with E-state index in [0.29, 0.717) is 6.42 Å². The largest absolute Gasteiger partial charge is 0.394 e. The van der Waals surface area contributed by atoms with Crippen LogP contribution in [0.1, 0.15) is 13.3 Å². The first-order chi connectivity index (χ1) is 14.9. The van der Waals surface area contributed by atoms with Crippen LogP contribution in [0.15, 0.2) is 12.7 Å². The highest BCUT2D eigenvalue weighted by molar-refractivity contribution is 5.03. The average molecular weight is 451 g/mol. The molecule has 2 aliphatic rings. The molecule has 182 valence electrons. The van der Waals surface area contributed by atoms with Gasteiger partial charge in [0.15, 0.2) is 12.6 Å². The monoisotopic (exact) mass is 450 g/mol. The van der Waals surface area contributed by atoms with E-state index >= 15 is 0 Å². The number of aliphatic hydroxyl groups is 1. The fourth-order valence-corrected chi connectivity index (χ4v) is 4.57. The first kappa shape index (κ1) is 26.6. The van der Waals surface area contributed by atoms with Crippen LogP contribution in [-0.2, 0) is 42.6 Å². The number of rotatable bonds is 11. The SMILES string of the molecule is C=CC[C@]1(C)O[C@H](O[C@H]2[C@H](OC)[C@@H](OC)[C@@H](OC)O[C@@H]2CO)[C@@H](OC)[C@@H](OC)[C@H]1OC. The highest BCUT2D eigenvalue weighted by atomic mass is 16.8. The lowest BCUT2D eigenvalue weighted by atomic mass is 9.85. The Hall–Kier alpha value is -0.660. The third kappa shape index (κ3) is 5.30. The van der Waals surface area contributed by atoms with Gasteiger partial charge in [0, 0.05) is 42.7 Å². The predicted molar refractivity (Wildman–Crippen MR) is 110 cm³/mol. The maximum Gasteiger partial charge on any atom is 0.187 e. The summed E-state index contributed by atoms with van der Waals surface area (Å²) in [7, 11) is 9.30. The molecule has 0 aromatic heterocycles. The molecule has 2 saturated heterocycles. The Labute approximate surface area is 184 Å². The normalized spacial score (nSPS) is 43.7. The second-order valence-corrected chi connectivity index (χ2v) is 7.81. The van der Waals surface area contributed by atoms with E-state index in [1.165, 1.54) is 21.3 Å². The van der Waals surface area contributed by atoms with Gasteiger partial charge in [-0.1, -0.05) is 6.08 Å². The van der Waals surface area contributed by atoms with Crippen molar-refractivity contribution >= 4 is 0 Å². The Kier molecular flexibility index (Phi) is 10.3. The molecule has 10 atom stereocenters. The van der Waals surface area contributed by atoms with Crippen LogP contribution >= 0.6 is 0 Å². The fraction of sp³-hybridized carbons (Fsp3) is 0.905. The van der Waals surface area contributed by atoms with Gasteiger partial charge in [-0.2, -0.15) is 0 Å². The molecule has 2 rings (SSSR count). The lowest BCUT2D eigenvalue weighted by Gasteiger charge is -2.52. The smallest absolute Gasteiger partial charge is 0.187 e. The van der Waals surface area contributed by atoms with Crippen molar-refractivity contribution in [3.8, 4) is 0 Å². The number of hydrogen-bond donors (Lipinski definition) is 1. The molecule has 10 heteroatoms. The molecule has 2 fully saturated rings. The van der Waals surface area contributed by atoms with Gasteiger partial charge in [-0.25, -0.2) is 0 Å². The van der Waals surface area contributed by atoms with E-state index in [9.17, 15) is 5.11 Å². The number of ether oxygens (including phenoxy) is 9. The molecule has 31 heavy (non-hydrogen) atoms. The van der Waals surface area contributed by atoms with E-state index in [2.05, 4.69) is 6.58 Å². The van der Waals surface area contributed by atoms with Gasteiger partial charge in [-0.05, 0) is 13.3 Å². The van der Waals surface area contributed by atoms with Crippen molar-refractivity contribution in [2.45, 2.75) is 74.3 Å². The average Bonchev–Trinajstić information content (AvgIpc) is 2.77. The third-order valence-corrected chi connectivity index (χ3v) is 6.06. The molecule has 0 aromatic carbocycles. The summed E-state index contributed by atoms with van der Waals surface area (Å²) >= 11 is 0. The third-order valence-electron chi connectivity index (χ3n) is 6.06. The van der Waals surface area contributed by atoms with E-state index in [-0.39, 0.29) is 6.61 Å². The standard InChI is InChI=1S/C21H38O10/c1-9-10-21(2)18(27-7)15(24-4)17(26-6)20(31-21)30-13-12(11-22)29-19(28-8)16(25-5)14(13)23-3/h9,12-20,22H,1,10-11H2,2-8H3/t12-,13-,14+,15-,16-,17+,18-,19+,20+,21+/m1/s1. The van der Waals surface area contributed by atoms with Crippen molar-refractivity contribution in [3.63, 3.8) is 0 Å². The summed E-state index contributed by atoms with van der Waals surface area (Å²) in [6, 6.07) is 0. The topological polar surface area (TPSA) is 103 Å². The Morgan fingerprint density at radius 1 is 0.806 bits per heavy atom. The van der Waals surface area contributed by atoms with Gasteiger partial charge in [0.25, 0.3) is 0 Å². The molecule has 10 nitrogen and oxygen atoms in total. The van der Waals surface area contributed by atoms with Crippen LogP contribution in [-0.4, -0.2) is 115 Å². The Bertz CT molecular complexity index is 548. The first-order valence-corrected chi connectivity index (χ1v) is 10.3. The van der Waals surface area contributed by atoms with Crippen LogP contribution < -0.4 is 0 Å². The molecular formula is C21H38O10. The van der Waals surface area contributed by atoms with Gasteiger partial charge in [-0.15, -0.1) is 6.58 Å². The van der Waals surface area contributed by atoms with E-state index in [4.69, 9.17) is 42.6 Å². The molecule has 0 spiro atoms. The van der Waals surface area contributed by atoms with Crippen molar-refractivity contribution < 1.29 is 47.7 Å². The van der Waals surface area contributed by atoms with Crippen LogP contribution in [0.25, 0.3) is 0 Å². The van der Waals surface area contributed by atoms with E-state index < -0.39 is 60.9 Å². The van der Waals surface area contributed by atoms with Crippen molar-refractivity contribution in [2.75, 3.05) is 49.3 Å². The minimum absolute atomic E-state index is 0.316. The second-order valence-electron chi connectivity index (χ2n) is 7.81. The zero-order valence-corrected chi connectivity index (χ0v) is 19.5. The Balaban J connectivity index is 2.38. The van der Waals surface area contributed by atoms with Crippen molar-refractivity contribution in [3.05, 3.63) is 12.7 Å². The van der Waals surface area contributed by atoms with Crippen LogP contribution in [0.2, 0.25) is 0 Å². The van der Waals surface area contributed by atoms with Crippen molar-refractivity contribution in [2.24, 2.45) is 0 Å². The maximum absolute atomic E-state index is 9.98. The summed E-state index contributed by atoms with van der Waals surface area (Å²) in [5, 5.41) is 9.98. The minimum Gasteiger partial charge on any atom is -0.394 e. The fourth-order valence-electron chi connectivity index (χ4n) is 4.57. The quantitative estimate of drug-likeness (QED) is 0.448. The van der Waals surface area contributed by atoms with E-state index in [0.717, 1.165) is 0 Å². The van der Waals surface area contributed by atoms with Gasteiger partial charge in [0.1, 0.15) is 48.3 Å². The second kappa shape index (κ2) is 12.0. The molecular weight excluding hydrogens is 412 g/mol. The zero-order valence-electron chi connectivity index (χ0n) is 19.5. The molecule has 0 aromatic rings. The predicted octanol–water partition coefficient (Wildman–Crippen LogP) is 0.501. The molecule has 0 amide bonds. The lowest BCUT2D eigenvalue weighted by Crippen LogP contribution is -2.68. The zero-order chi connectivity index (χ0) is 23.2. The summed E-state index contributed by atoms with van der Waals surface area (Å²) in [6.45, 7) is 5.43. The number of aliphatic hydroxyl groups excluding tert-OH is 1. The Morgan fingerprint density at radius 2 is 1.39 bits per heavy atom. The van der Waals surface area contributed by atoms with Crippen LogP contribution in [0.5, 0.6) is 0 Å². The first-order valence-electron chi connectivity index (χ1n) is 10.3. The van der Waals surface area contributed by atoms with Crippen LogP contribution in [0.4, 0.5) is 0 Å². The van der Waals surface area contributed by atoms with Crippen LogP contribution in [0, 0.1) is 0 Å². The summed E-state index contributed by atoms with van der Waals surface area (Å²) < 4.78 is 52.4. The van der Waals surface area contributed by atoms with E-state index in [1.807, 2.05) is 6.92 Å². The number of hydrogen-bond acceptors (Lipinski definition) is 10. The lowest BCUT2D eigenvalue weighted by molar-refractivity contribution is -0.377. The van der Waals surface area contributed by atoms with Crippen LogP contribution in [0.3, 0.4) is 0 Å². The van der Waals surface area contributed by atoms with Gasteiger partial charge in [0.2, 0.25) is 0 Å². The molecule has 0 saturated carbocycles. The Morgan fingerprint density at radius 3 is 1.84 bits per heavy atom. The van der Waals surface area contributed by atoms with Gasteiger partial charge in [0.05, 0.1) is 6.61 Å². The van der Waals surface area contributed by atoms with Gasteiger partial charge in [-0.3, -0.25) is 0 Å². The highest BCUT2D eigenvalue weighted by Crippen LogP contribution is 2.39. The minimum atomic E-state index is -0.872. The number of methoxy groups -OCH3 is 6. The molecule has 1 N–H and O–H groups in total. The molecule has 0 unspecified atom stereocenters. The molecule has 0 aliphatic carbocycles. The molecule has 0 radical (unpaired) electrons. The van der Waals surface area contributed by atoms with Crippen molar-refractivity contribution in [1.29, 1.82) is 0 Å². The summed E-state index contributed by atoms with van der Waals surface area (Å²) in [5.41, 5.74) is -0.792. The highest BCUT2D eigenvalue weighted by Gasteiger charge is 2.56. The molecule has 2 aliphatic heterocycles. The maximum atomic E-state index is 9.98. The summed E-state index contributed by atoms with van der Waals surface area (Å²) in [6.07, 6.45) is -3.56. The summed E-state index contributed by atoms with van der Waals surface area (Å²) in [4.78, 5) is 0. The molecule has 0 bridgehead atoms. The van der Waals surface area contributed by atoms with Gasteiger partial charge < -0.3 is 47.7 Å².